The summed E-state index contributed by atoms with van der Waals surface area (Å²) >= 11 is 0. The molecule has 1 atom stereocenters. The molecule has 6 heteroatoms. The van der Waals surface area contributed by atoms with E-state index in [1.807, 2.05) is 38.6 Å². The zero-order chi connectivity index (χ0) is 15.6. The number of ether oxygens (including phenoxy) is 2. The Labute approximate surface area is 126 Å². The molecule has 1 aliphatic rings. The first-order valence-electron chi connectivity index (χ1n) is 7.38. The van der Waals surface area contributed by atoms with Gasteiger partial charge in [-0.3, -0.25) is 4.68 Å². The lowest BCUT2D eigenvalue weighted by Gasteiger charge is -2.34. The minimum atomic E-state index is -0.463. The van der Waals surface area contributed by atoms with Gasteiger partial charge in [0.25, 0.3) is 0 Å². The van der Waals surface area contributed by atoms with E-state index in [9.17, 15) is 4.79 Å². The van der Waals surface area contributed by atoms with E-state index in [-0.39, 0.29) is 12.1 Å². The van der Waals surface area contributed by atoms with Crippen molar-refractivity contribution in [3.8, 4) is 5.88 Å². The highest BCUT2D eigenvalue weighted by Crippen LogP contribution is 2.25. The van der Waals surface area contributed by atoms with E-state index in [2.05, 4.69) is 5.10 Å². The number of aryl methyl sites for hydroxylation is 1. The Bertz CT molecular complexity index is 505. The lowest BCUT2D eigenvalue weighted by molar-refractivity contribution is 0.0167. The Morgan fingerprint density at radius 3 is 2.71 bits per heavy atom. The molecular weight excluding hydrogens is 270 g/mol. The fourth-order valence-corrected chi connectivity index (χ4v) is 2.52. The Balaban J connectivity index is 2.04. The second-order valence-corrected chi connectivity index (χ2v) is 6.52. The van der Waals surface area contributed by atoms with Crippen molar-refractivity contribution in [2.75, 3.05) is 20.2 Å². The van der Waals surface area contributed by atoms with Crippen molar-refractivity contribution < 1.29 is 14.3 Å². The molecule has 6 nitrogen and oxygen atoms in total. The van der Waals surface area contributed by atoms with Crippen molar-refractivity contribution in [1.82, 2.24) is 14.7 Å². The number of carbonyl (C=O) groups excluding carboxylic acids is 1. The molecule has 0 aliphatic carbocycles. The van der Waals surface area contributed by atoms with Gasteiger partial charge in [-0.05, 0) is 40.5 Å². The van der Waals surface area contributed by atoms with Crippen molar-refractivity contribution in [1.29, 1.82) is 0 Å². The van der Waals surface area contributed by atoms with Gasteiger partial charge in [0, 0.05) is 24.8 Å². The summed E-state index contributed by atoms with van der Waals surface area (Å²) in [5, 5.41) is 4.44. The smallest absolute Gasteiger partial charge is 0.410 e. The van der Waals surface area contributed by atoms with Crippen LogP contribution in [-0.2, 0) is 4.74 Å². The summed E-state index contributed by atoms with van der Waals surface area (Å²) in [7, 11) is 1.62. The van der Waals surface area contributed by atoms with Crippen molar-refractivity contribution in [3.05, 3.63) is 11.8 Å². The van der Waals surface area contributed by atoms with Crippen molar-refractivity contribution >= 4 is 6.09 Å². The highest BCUT2D eigenvalue weighted by molar-refractivity contribution is 5.68. The van der Waals surface area contributed by atoms with Crippen molar-refractivity contribution in [2.24, 2.45) is 0 Å². The van der Waals surface area contributed by atoms with E-state index in [0.717, 1.165) is 24.9 Å². The van der Waals surface area contributed by atoms with Gasteiger partial charge in [0.05, 0.1) is 13.2 Å². The van der Waals surface area contributed by atoms with Gasteiger partial charge in [-0.25, -0.2) is 4.79 Å². The lowest BCUT2D eigenvalue weighted by atomic mass is 10.1. The molecule has 0 aromatic carbocycles. The van der Waals surface area contributed by atoms with Crippen LogP contribution in [0, 0.1) is 6.92 Å². The van der Waals surface area contributed by atoms with E-state index in [0.29, 0.717) is 12.4 Å². The second kappa shape index (κ2) is 5.95. The fraction of sp³-hybridized carbons (Fsp3) is 0.733. The van der Waals surface area contributed by atoms with Crippen LogP contribution < -0.4 is 4.74 Å². The molecule has 1 aromatic heterocycles. The molecule has 1 fully saturated rings. The van der Waals surface area contributed by atoms with Crippen LogP contribution in [-0.4, -0.2) is 46.6 Å². The Kier molecular flexibility index (Phi) is 4.44. The largest absolute Gasteiger partial charge is 0.480 e. The number of amides is 1. The van der Waals surface area contributed by atoms with Gasteiger partial charge in [-0.1, -0.05) is 0 Å². The minimum absolute atomic E-state index is 0.175. The van der Waals surface area contributed by atoms with Crippen LogP contribution >= 0.6 is 0 Å². The number of methoxy groups -OCH3 is 1. The number of aromatic nitrogens is 2. The fourth-order valence-electron chi connectivity index (χ4n) is 2.52. The molecule has 0 bridgehead atoms. The number of nitrogens with zero attached hydrogens (tertiary/aromatic N) is 3. The van der Waals surface area contributed by atoms with Gasteiger partial charge in [0.1, 0.15) is 5.60 Å². The Morgan fingerprint density at radius 1 is 1.43 bits per heavy atom. The first-order chi connectivity index (χ1) is 9.80. The van der Waals surface area contributed by atoms with Gasteiger partial charge in [-0.2, -0.15) is 0 Å². The molecule has 1 saturated heterocycles. The first-order valence-corrected chi connectivity index (χ1v) is 7.38. The number of rotatable bonds is 2. The average Bonchev–Trinajstić information content (AvgIpc) is 2.78. The van der Waals surface area contributed by atoms with Crippen LogP contribution in [0.3, 0.4) is 0 Å². The molecule has 0 N–H and O–H groups in total. The predicted molar refractivity (Wildman–Crippen MR) is 79.6 cm³/mol. The molecule has 2 heterocycles. The summed E-state index contributed by atoms with van der Waals surface area (Å²) in [6, 6.07) is 0.175. The third-order valence-electron chi connectivity index (χ3n) is 3.49. The van der Waals surface area contributed by atoms with E-state index in [1.165, 1.54) is 0 Å². The number of carbonyl (C=O) groups is 1. The molecule has 0 radical (unpaired) electrons. The normalized spacial score (nSPS) is 19.5. The third-order valence-corrected chi connectivity index (χ3v) is 3.49. The van der Waals surface area contributed by atoms with Crippen LogP contribution in [0.15, 0.2) is 6.20 Å². The summed E-state index contributed by atoms with van der Waals surface area (Å²) < 4.78 is 12.6. The van der Waals surface area contributed by atoms with Gasteiger partial charge in [0.15, 0.2) is 0 Å². The maximum atomic E-state index is 12.2. The zero-order valence-corrected chi connectivity index (χ0v) is 13.5. The molecule has 1 unspecified atom stereocenters. The van der Waals surface area contributed by atoms with Crippen molar-refractivity contribution in [3.63, 3.8) is 0 Å². The van der Waals surface area contributed by atoms with E-state index >= 15 is 0 Å². The van der Waals surface area contributed by atoms with E-state index in [1.54, 1.807) is 12.0 Å². The van der Waals surface area contributed by atoms with Crippen LogP contribution in [0.25, 0.3) is 0 Å². The molecule has 2 rings (SSSR count). The Morgan fingerprint density at radius 2 is 2.14 bits per heavy atom. The molecule has 118 valence electrons. The van der Waals surface area contributed by atoms with Gasteiger partial charge >= 0.3 is 6.09 Å². The second-order valence-electron chi connectivity index (χ2n) is 6.52. The number of piperidine rings is 1. The predicted octanol–water partition coefficient (Wildman–Crippen LogP) is 2.77. The number of hydrogen-bond acceptors (Lipinski definition) is 4. The zero-order valence-electron chi connectivity index (χ0n) is 13.5. The summed E-state index contributed by atoms with van der Waals surface area (Å²) in [5.74, 6) is 0.643. The summed E-state index contributed by atoms with van der Waals surface area (Å²) in [5.41, 5.74) is 0.544. The third kappa shape index (κ3) is 3.89. The number of hydrogen-bond donors (Lipinski definition) is 0. The van der Waals surface area contributed by atoms with Crippen molar-refractivity contribution in [2.45, 2.75) is 52.2 Å². The lowest BCUT2D eigenvalue weighted by Crippen LogP contribution is -2.43. The standard InChI is InChI=1S/C15H25N3O3/c1-11-9-18(16-13(11)20-5)12-7-6-8-17(10-12)14(19)21-15(2,3)4/h9,12H,6-8,10H2,1-5H3. The molecule has 0 spiro atoms. The van der Waals surface area contributed by atoms with Gasteiger partial charge in [-0.15, -0.1) is 5.10 Å². The van der Waals surface area contributed by atoms with Crippen LogP contribution in [0.5, 0.6) is 5.88 Å². The summed E-state index contributed by atoms with van der Waals surface area (Å²) in [4.78, 5) is 13.9. The first kappa shape index (κ1) is 15.7. The van der Waals surface area contributed by atoms with E-state index < -0.39 is 5.60 Å². The van der Waals surface area contributed by atoms with Crippen LogP contribution in [0.4, 0.5) is 4.79 Å². The highest BCUT2D eigenvalue weighted by Gasteiger charge is 2.29. The molecule has 1 aromatic rings. The monoisotopic (exact) mass is 295 g/mol. The average molecular weight is 295 g/mol. The molecular formula is C15H25N3O3. The topological polar surface area (TPSA) is 56.6 Å². The van der Waals surface area contributed by atoms with Gasteiger partial charge < -0.3 is 14.4 Å². The maximum Gasteiger partial charge on any atom is 0.410 e. The highest BCUT2D eigenvalue weighted by atomic mass is 16.6. The SMILES string of the molecule is COc1nn(C2CCCN(C(=O)OC(C)(C)C)C2)cc1C. The van der Waals surface area contributed by atoms with Gasteiger partial charge in [0.2, 0.25) is 5.88 Å². The van der Waals surface area contributed by atoms with E-state index in [4.69, 9.17) is 9.47 Å². The molecule has 21 heavy (non-hydrogen) atoms. The molecule has 1 aliphatic heterocycles. The number of likely N-dealkylation sites (tertiary alicyclic amines) is 1. The molecule has 0 saturated carbocycles. The maximum absolute atomic E-state index is 12.2. The Hall–Kier alpha value is -1.72. The summed E-state index contributed by atoms with van der Waals surface area (Å²) in [6.45, 7) is 8.98. The summed E-state index contributed by atoms with van der Waals surface area (Å²) in [6.07, 6.45) is 3.68. The molecule has 1 amide bonds. The van der Waals surface area contributed by atoms with Crippen LogP contribution in [0.1, 0.15) is 45.2 Å². The minimum Gasteiger partial charge on any atom is -0.480 e. The quantitative estimate of drug-likeness (QED) is 0.842. The van der Waals surface area contributed by atoms with Crippen LogP contribution in [0.2, 0.25) is 0 Å².